The fourth-order valence-corrected chi connectivity index (χ4v) is 3.82. The molecule has 1 N–H and O–H groups in total. The lowest BCUT2D eigenvalue weighted by atomic mass is 9.97. The number of benzene rings is 2. The minimum Gasteiger partial charge on any atom is -0.494 e. The highest BCUT2D eigenvalue weighted by Gasteiger charge is 2.25. The number of methoxy groups -OCH3 is 2. The fraction of sp³-hybridized carbons (Fsp3) is 0.321. The van der Waals surface area contributed by atoms with Crippen LogP contribution in [0.2, 0.25) is 0 Å². The van der Waals surface area contributed by atoms with Crippen LogP contribution in [0.4, 0.5) is 0 Å². The minimum absolute atomic E-state index is 0.0529. The number of hydrogen-bond donors (Lipinski definition) is 1. The molecule has 2 aromatic carbocycles. The number of hydrogen-bond acceptors (Lipinski definition) is 7. The number of rotatable bonds is 10. The zero-order valence-electron chi connectivity index (χ0n) is 21.1. The monoisotopic (exact) mass is 490 g/mol. The topological polar surface area (TPSA) is 111 Å². The molecule has 0 radical (unpaired) electrons. The molecule has 3 rings (SSSR count). The van der Waals surface area contributed by atoms with Crippen molar-refractivity contribution < 1.29 is 24.1 Å². The molecule has 0 saturated heterocycles. The highest BCUT2D eigenvalue weighted by molar-refractivity contribution is 6.11. The molecule has 8 nitrogen and oxygen atoms in total. The Balaban J connectivity index is 1.96. The zero-order valence-corrected chi connectivity index (χ0v) is 21.1. The van der Waals surface area contributed by atoms with Gasteiger partial charge < -0.3 is 19.3 Å². The Morgan fingerprint density at radius 1 is 1.08 bits per heavy atom. The largest absolute Gasteiger partial charge is 0.494 e. The average molecular weight is 491 g/mol. The van der Waals surface area contributed by atoms with E-state index in [9.17, 15) is 20.0 Å². The second-order valence-electron chi connectivity index (χ2n) is 8.76. The van der Waals surface area contributed by atoms with E-state index >= 15 is 0 Å². The maximum absolute atomic E-state index is 13.4. The molecule has 1 heterocycles. The van der Waals surface area contributed by atoms with E-state index in [0.717, 1.165) is 10.1 Å². The summed E-state index contributed by atoms with van der Waals surface area (Å²) in [6, 6.07) is 13.8. The third-order valence-electron chi connectivity index (χ3n) is 5.80. The van der Waals surface area contributed by atoms with Crippen molar-refractivity contribution in [2.24, 2.45) is 5.92 Å². The van der Waals surface area contributed by atoms with E-state index < -0.39 is 17.2 Å². The van der Waals surface area contributed by atoms with Gasteiger partial charge in [0.15, 0.2) is 17.3 Å². The number of nitrogens with zero attached hydrogens (tertiary/aromatic N) is 2. The standard InChI is InChI=1S/C28H30N2O6/c1-17(2)16-36-21-9-7-20(8-10-21)26(31)25-18(3)22(15-29)27(32)30(28(25)33)13-12-19-6-11-23(34-4)24(14-19)35-5/h6-11,14,17,33H,12-13,16H2,1-5H3. The predicted octanol–water partition coefficient (Wildman–Crippen LogP) is 4.26. The van der Waals surface area contributed by atoms with Crippen LogP contribution < -0.4 is 19.8 Å². The third kappa shape index (κ3) is 5.52. The van der Waals surface area contributed by atoms with Crippen molar-refractivity contribution in [2.45, 2.75) is 33.7 Å². The van der Waals surface area contributed by atoms with E-state index in [4.69, 9.17) is 14.2 Å². The van der Waals surface area contributed by atoms with Gasteiger partial charge in [0, 0.05) is 12.1 Å². The molecule has 0 bridgehead atoms. The van der Waals surface area contributed by atoms with Crippen LogP contribution in [0, 0.1) is 24.2 Å². The number of ketones is 1. The molecule has 36 heavy (non-hydrogen) atoms. The van der Waals surface area contributed by atoms with E-state index in [0.29, 0.717) is 41.8 Å². The van der Waals surface area contributed by atoms with E-state index in [-0.39, 0.29) is 23.2 Å². The van der Waals surface area contributed by atoms with Gasteiger partial charge in [0.1, 0.15) is 17.4 Å². The van der Waals surface area contributed by atoms with E-state index in [1.165, 1.54) is 21.1 Å². The summed E-state index contributed by atoms with van der Waals surface area (Å²) < 4.78 is 17.3. The molecule has 8 heteroatoms. The van der Waals surface area contributed by atoms with Gasteiger partial charge in [-0.15, -0.1) is 0 Å². The average Bonchev–Trinajstić information content (AvgIpc) is 2.87. The molecule has 3 aromatic rings. The van der Waals surface area contributed by atoms with Crippen LogP contribution in [0.15, 0.2) is 47.3 Å². The lowest BCUT2D eigenvalue weighted by molar-refractivity contribution is 0.103. The van der Waals surface area contributed by atoms with Gasteiger partial charge in [-0.05, 0) is 66.8 Å². The first-order valence-corrected chi connectivity index (χ1v) is 11.6. The first kappa shape index (κ1) is 26.4. The van der Waals surface area contributed by atoms with Crippen molar-refractivity contribution in [1.82, 2.24) is 4.57 Å². The maximum Gasteiger partial charge on any atom is 0.271 e. The van der Waals surface area contributed by atoms with E-state index in [1.807, 2.05) is 26.0 Å². The van der Waals surface area contributed by atoms with Crippen LogP contribution in [0.1, 0.15) is 46.5 Å². The lowest BCUT2D eigenvalue weighted by Crippen LogP contribution is -2.27. The van der Waals surface area contributed by atoms with Gasteiger partial charge in [-0.1, -0.05) is 19.9 Å². The van der Waals surface area contributed by atoms with Gasteiger partial charge in [-0.2, -0.15) is 5.26 Å². The van der Waals surface area contributed by atoms with E-state index in [1.54, 1.807) is 36.4 Å². The predicted molar refractivity (Wildman–Crippen MR) is 135 cm³/mol. The molecule has 0 fully saturated rings. The van der Waals surface area contributed by atoms with Gasteiger partial charge in [0.05, 0.1) is 26.4 Å². The molecule has 0 saturated carbocycles. The quantitative estimate of drug-likeness (QED) is 0.423. The highest BCUT2D eigenvalue weighted by Crippen LogP contribution is 2.29. The summed E-state index contributed by atoms with van der Waals surface area (Å²) in [6.07, 6.45) is 0.345. The summed E-state index contributed by atoms with van der Waals surface area (Å²) in [5.41, 5.74) is 0.367. The van der Waals surface area contributed by atoms with Crippen LogP contribution in [0.5, 0.6) is 23.1 Å². The Morgan fingerprint density at radius 2 is 1.75 bits per heavy atom. The fourth-order valence-electron chi connectivity index (χ4n) is 3.82. The van der Waals surface area contributed by atoms with Crippen molar-refractivity contribution in [2.75, 3.05) is 20.8 Å². The number of aryl methyl sites for hydroxylation is 1. The van der Waals surface area contributed by atoms with E-state index in [2.05, 4.69) is 0 Å². The first-order valence-electron chi connectivity index (χ1n) is 11.6. The van der Waals surface area contributed by atoms with Crippen molar-refractivity contribution in [3.8, 4) is 29.2 Å². The Morgan fingerprint density at radius 3 is 2.33 bits per heavy atom. The molecule has 1 aromatic heterocycles. The molecule has 0 aliphatic rings. The SMILES string of the molecule is COc1ccc(CCn2c(O)c(C(=O)c3ccc(OCC(C)C)cc3)c(C)c(C#N)c2=O)cc1OC. The molecule has 0 spiro atoms. The maximum atomic E-state index is 13.4. The van der Waals surface area contributed by atoms with Gasteiger partial charge in [-0.25, -0.2) is 0 Å². The molecule has 0 aliphatic heterocycles. The smallest absolute Gasteiger partial charge is 0.271 e. The molecule has 0 amide bonds. The van der Waals surface area contributed by atoms with Gasteiger partial charge in [0.2, 0.25) is 5.88 Å². The summed E-state index contributed by atoms with van der Waals surface area (Å²) in [7, 11) is 3.06. The molecule has 0 atom stereocenters. The number of nitriles is 1. The summed E-state index contributed by atoms with van der Waals surface area (Å²) >= 11 is 0. The van der Waals surface area contributed by atoms with Gasteiger partial charge in [-0.3, -0.25) is 14.2 Å². The van der Waals surface area contributed by atoms with Crippen molar-refractivity contribution in [3.05, 3.63) is 80.6 Å². The second kappa shape index (κ2) is 11.5. The molecule has 0 unspecified atom stereocenters. The van der Waals surface area contributed by atoms with Gasteiger partial charge in [0.25, 0.3) is 5.56 Å². The Kier molecular flexibility index (Phi) is 8.38. The number of carbonyl (C=O) groups is 1. The van der Waals surface area contributed by atoms with Crippen molar-refractivity contribution >= 4 is 5.78 Å². The number of ether oxygens (including phenoxy) is 3. The third-order valence-corrected chi connectivity index (χ3v) is 5.80. The molecular formula is C28H30N2O6. The number of carbonyl (C=O) groups excluding carboxylic acids is 1. The number of aromatic hydroxyl groups is 1. The summed E-state index contributed by atoms with van der Waals surface area (Å²) in [6.45, 7) is 6.17. The molecular weight excluding hydrogens is 460 g/mol. The second-order valence-corrected chi connectivity index (χ2v) is 8.76. The van der Waals surface area contributed by atoms with Crippen LogP contribution in [0.25, 0.3) is 0 Å². The Bertz CT molecular complexity index is 1350. The first-order chi connectivity index (χ1) is 17.2. The summed E-state index contributed by atoms with van der Waals surface area (Å²) in [5.74, 6) is 1.12. The Labute approximate surface area is 210 Å². The number of aromatic nitrogens is 1. The normalized spacial score (nSPS) is 10.7. The van der Waals surface area contributed by atoms with Crippen molar-refractivity contribution in [3.63, 3.8) is 0 Å². The zero-order chi connectivity index (χ0) is 26.4. The minimum atomic E-state index is -0.651. The molecule has 0 aliphatic carbocycles. The summed E-state index contributed by atoms with van der Waals surface area (Å²) in [4.78, 5) is 26.3. The van der Waals surface area contributed by atoms with Gasteiger partial charge >= 0.3 is 0 Å². The summed E-state index contributed by atoms with van der Waals surface area (Å²) in [5, 5.41) is 20.7. The molecule has 188 valence electrons. The van der Waals surface area contributed by atoms with Crippen molar-refractivity contribution in [1.29, 1.82) is 5.26 Å². The van der Waals surface area contributed by atoms with Crippen LogP contribution in [0.3, 0.4) is 0 Å². The highest BCUT2D eigenvalue weighted by atomic mass is 16.5. The van der Waals surface area contributed by atoms with Crippen LogP contribution >= 0.6 is 0 Å². The lowest BCUT2D eigenvalue weighted by Gasteiger charge is -2.16. The Hall–Kier alpha value is -4.25. The number of pyridine rings is 1. The van der Waals surface area contributed by atoms with Crippen LogP contribution in [-0.4, -0.2) is 36.3 Å². The van der Waals surface area contributed by atoms with Crippen LogP contribution in [-0.2, 0) is 13.0 Å².